The Labute approximate surface area is 174 Å². The van der Waals surface area contributed by atoms with Crippen LogP contribution in [-0.4, -0.2) is 87.6 Å². The molecule has 0 aromatic heterocycles. The van der Waals surface area contributed by atoms with Gasteiger partial charge in [0.05, 0.1) is 19.8 Å². The standard InChI is InChI=1S/C18H29NO11/c1-10(20)26-9-14-15(27-11(2)21)16(28-12(3)22)17(29-13(4)23)18(30-14)25-8-7-24-6-5-19/h14-18H,5-9,19H2,1-4H3/t14-,15-,16+,17-,18-/m1/s1. The average Bonchev–Trinajstić information content (AvgIpc) is 2.63. The highest BCUT2D eigenvalue weighted by Gasteiger charge is 2.52. The van der Waals surface area contributed by atoms with Crippen molar-refractivity contribution in [1.82, 2.24) is 0 Å². The van der Waals surface area contributed by atoms with Crippen LogP contribution in [0.1, 0.15) is 27.7 Å². The molecule has 0 bridgehead atoms. The van der Waals surface area contributed by atoms with Crippen molar-refractivity contribution in [3.05, 3.63) is 0 Å². The summed E-state index contributed by atoms with van der Waals surface area (Å²) < 4.78 is 37.4. The van der Waals surface area contributed by atoms with E-state index in [1.54, 1.807) is 0 Å². The average molecular weight is 435 g/mol. The molecule has 30 heavy (non-hydrogen) atoms. The molecule has 0 aromatic carbocycles. The molecule has 0 saturated carbocycles. The van der Waals surface area contributed by atoms with Crippen LogP contribution in [0.2, 0.25) is 0 Å². The maximum atomic E-state index is 11.7. The van der Waals surface area contributed by atoms with Crippen LogP contribution in [0.25, 0.3) is 0 Å². The fourth-order valence-corrected chi connectivity index (χ4v) is 2.73. The first-order chi connectivity index (χ1) is 14.1. The second-order valence-electron chi connectivity index (χ2n) is 6.34. The summed E-state index contributed by atoms with van der Waals surface area (Å²) in [4.78, 5) is 46.2. The van der Waals surface area contributed by atoms with Crippen molar-refractivity contribution in [3.8, 4) is 0 Å². The van der Waals surface area contributed by atoms with E-state index in [-0.39, 0.29) is 19.8 Å². The van der Waals surface area contributed by atoms with E-state index in [1.165, 1.54) is 6.92 Å². The Morgan fingerprint density at radius 2 is 1.33 bits per heavy atom. The highest BCUT2D eigenvalue weighted by molar-refractivity contribution is 5.68. The van der Waals surface area contributed by atoms with Crippen molar-refractivity contribution in [2.75, 3.05) is 33.0 Å². The molecule has 1 heterocycles. The summed E-state index contributed by atoms with van der Waals surface area (Å²) in [5.74, 6) is -2.72. The lowest BCUT2D eigenvalue weighted by Gasteiger charge is -2.44. The molecule has 12 heteroatoms. The molecule has 0 amide bonds. The number of rotatable bonds is 11. The molecule has 12 nitrogen and oxygen atoms in total. The molecule has 0 spiro atoms. The number of nitrogens with two attached hydrogens (primary N) is 1. The van der Waals surface area contributed by atoms with E-state index in [4.69, 9.17) is 38.9 Å². The quantitative estimate of drug-likeness (QED) is 0.241. The van der Waals surface area contributed by atoms with E-state index >= 15 is 0 Å². The van der Waals surface area contributed by atoms with E-state index in [9.17, 15) is 19.2 Å². The third-order valence-electron chi connectivity index (χ3n) is 3.72. The van der Waals surface area contributed by atoms with Crippen LogP contribution < -0.4 is 5.73 Å². The minimum Gasteiger partial charge on any atom is -0.463 e. The van der Waals surface area contributed by atoms with Crippen LogP contribution >= 0.6 is 0 Å². The lowest BCUT2D eigenvalue weighted by Crippen LogP contribution is -2.63. The Morgan fingerprint density at radius 3 is 1.87 bits per heavy atom. The molecule has 1 aliphatic heterocycles. The van der Waals surface area contributed by atoms with Gasteiger partial charge in [-0.2, -0.15) is 0 Å². The van der Waals surface area contributed by atoms with Crippen LogP contribution in [0.5, 0.6) is 0 Å². The first-order valence-electron chi connectivity index (χ1n) is 9.35. The molecule has 2 N–H and O–H groups in total. The zero-order valence-corrected chi connectivity index (χ0v) is 17.5. The van der Waals surface area contributed by atoms with Crippen LogP contribution in [0.3, 0.4) is 0 Å². The second-order valence-corrected chi connectivity index (χ2v) is 6.34. The van der Waals surface area contributed by atoms with Gasteiger partial charge in [-0.05, 0) is 0 Å². The van der Waals surface area contributed by atoms with Gasteiger partial charge < -0.3 is 38.9 Å². The Bertz CT molecular complexity index is 597. The van der Waals surface area contributed by atoms with Gasteiger partial charge in [-0.25, -0.2) is 0 Å². The highest BCUT2D eigenvalue weighted by Crippen LogP contribution is 2.29. The van der Waals surface area contributed by atoms with E-state index in [0.717, 1.165) is 20.8 Å². The number of esters is 4. The molecule has 5 atom stereocenters. The van der Waals surface area contributed by atoms with Crippen molar-refractivity contribution < 1.29 is 52.3 Å². The van der Waals surface area contributed by atoms with E-state index < -0.39 is 54.6 Å². The molecule has 1 fully saturated rings. The Morgan fingerprint density at radius 1 is 0.767 bits per heavy atom. The van der Waals surface area contributed by atoms with Gasteiger partial charge in [-0.3, -0.25) is 19.2 Å². The molecule has 0 unspecified atom stereocenters. The van der Waals surface area contributed by atoms with Crippen molar-refractivity contribution in [1.29, 1.82) is 0 Å². The SMILES string of the molecule is CC(=O)OC[C@H]1O[C@@H](OCCOCCN)[C@H](OC(C)=O)[C@@H](OC(C)=O)[C@@H]1OC(C)=O. The topological polar surface area (TPSA) is 159 Å². The van der Waals surface area contributed by atoms with Crippen molar-refractivity contribution in [2.45, 2.75) is 58.4 Å². The summed E-state index contributed by atoms with van der Waals surface area (Å²) in [6.07, 6.45) is -6.00. The fourth-order valence-electron chi connectivity index (χ4n) is 2.73. The molecular weight excluding hydrogens is 406 g/mol. The molecule has 0 radical (unpaired) electrons. The normalized spacial score (nSPS) is 25.8. The predicted molar refractivity (Wildman–Crippen MR) is 97.8 cm³/mol. The fraction of sp³-hybridized carbons (Fsp3) is 0.778. The Hall–Kier alpha value is -2.28. The molecule has 0 aliphatic carbocycles. The smallest absolute Gasteiger partial charge is 0.303 e. The van der Waals surface area contributed by atoms with Crippen molar-refractivity contribution in [3.63, 3.8) is 0 Å². The van der Waals surface area contributed by atoms with Gasteiger partial charge in [-0.1, -0.05) is 0 Å². The zero-order chi connectivity index (χ0) is 22.7. The van der Waals surface area contributed by atoms with Crippen molar-refractivity contribution >= 4 is 23.9 Å². The number of carbonyl (C=O) groups excluding carboxylic acids is 4. The lowest BCUT2D eigenvalue weighted by molar-refractivity contribution is -0.309. The molecule has 1 saturated heterocycles. The maximum absolute atomic E-state index is 11.7. The molecule has 0 aromatic rings. The number of carbonyl (C=O) groups is 4. The van der Waals surface area contributed by atoms with E-state index in [2.05, 4.69) is 0 Å². The van der Waals surface area contributed by atoms with Gasteiger partial charge in [0.15, 0.2) is 24.6 Å². The van der Waals surface area contributed by atoms with Crippen LogP contribution in [-0.2, 0) is 52.3 Å². The summed E-state index contributed by atoms with van der Waals surface area (Å²) in [6, 6.07) is 0. The van der Waals surface area contributed by atoms with Gasteiger partial charge in [0.25, 0.3) is 0 Å². The minimum absolute atomic E-state index is 0.0355. The molecule has 1 aliphatic rings. The van der Waals surface area contributed by atoms with Crippen molar-refractivity contribution in [2.24, 2.45) is 5.73 Å². The summed E-state index contributed by atoms with van der Waals surface area (Å²) >= 11 is 0. The van der Waals surface area contributed by atoms with Crippen LogP contribution in [0, 0.1) is 0 Å². The Balaban J connectivity index is 3.13. The maximum Gasteiger partial charge on any atom is 0.303 e. The lowest BCUT2D eigenvalue weighted by atomic mass is 9.98. The van der Waals surface area contributed by atoms with Gasteiger partial charge >= 0.3 is 23.9 Å². The third-order valence-corrected chi connectivity index (χ3v) is 3.72. The van der Waals surface area contributed by atoms with Crippen LogP contribution in [0.4, 0.5) is 0 Å². The van der Waals surface area contributed by atoms with E-state index in [0.29, 0.717) is 13.2 Å². The summed E-state index contributed by atoms with van der Waals surface area (Å²) in [5, 5.41) is 0. The number of hydrogen-bond acceptors (Lipinski definition) is 12. The van der Waals surface area contributed by atoms with Gasteiger partial charge in [0.1, 0.15) is 12.7 Å². The first kappa shape index (κ1) is 25.8. The van der Waals surface area contributed by atoms with Crippen LogP contribution in [0.15, 0.2) is 0 Å². The minimum atomic E-state index is -1.26. The second kappa shape index (κ2) is 13.1. The molecular formula is C18H29NO11. The first-order valence-corrected chi connectivity index (χ1v) is 9.35. The summed E-state index contributed by atoms with van der Waals surface area (Å²) in [7, 11) is 0. The Kier molecular flexibility index (Phi) is 11.3. The molecule has 172 valence electrons. The number of hydrogen-bond donors (Lipinski definition) is 1. The van der Waals surface area contributed by atoms with Gasteiger partial charge in [0.2, 0.25) is 0 Å². The van der Waals surface area contributed by atoms with Gasteiger partial charge in [0, 0.05) is 34.2 Å². The third kappa shape index (κ3) is 9.03. The number of ether oxygens (including phenoxy) is 7. The summed E-state index contributed by atoms with van der Waals surface area (Å²) in [6.45, 7) is 5.17. The predicted octanol–water partition coefficient (Wildman–Crippen LogP) is -0.939. The largest absolute Gasteiger partial charge is 0.463 e. The zero-order valence-electron chi connectivity index (χ0n) is 17.5. The monoisotopic (exact) mass is 435 g/mol. The van der Waals surface area contributed by atoms with Gasteiger partial charge in [-0.15, -0.1) is 0 Å². The highest BCUT2D eigenvalue weighted by atomic mass is 16.7. The van der Waals surface area contributed by atoms with E-state index in [1.807, 2.05) is 0 Å². The molecule has 1 rings (SSSR count). The summed E-state index contributed by atoms with van der Waals surface area (Å²) in [5.41, 5.74) is 5.35.